The van der Waals surface area contributed by atoms with E-state index in [9.17, 15) is 5.11 Å². The summed E-state index contributed by atoms with van der Waals surface area (Å²) in [6.07, 6.45) is 3.63. The predicted octanol–water partition coefficient (Wildman–Crippen LogP) is 4.17. The van der Waals surface area contributed by atoms with Gasteiger partial charge in [-0.05, 0) is 36.4 Å². The first-order valence-corrected chi connectivity index (χ1v) is 9.27. The Morgan fingerprint density at radius 3 is 2.27 bits per heavy atom. The first kappa shape index (κ1) is 18.3. The average Bonchev–Trinajstić information content (AvgIpc) is 2.65. The number of nitrogens with one attached hydrogen (secondary N) is 1. The molecule has 3 rings (SSSR count). The van der Waals surface area contributed by atoms with Crippen molar-refractivity contribution in [2.24, 2.45) is 0 Å². The summed E-state index contributed by atoms with van der Waals surface area (Å²) in [5.41, 5.74) is 2.96. The van der Waals surface area contributed by atoms with Crippen LogP contribution in [0, 0.1) is 6.92 Å². The van der Waals surface area contributed by atoms with Crippen molar-refractivity contribution >= 4 is 50.3 Å². The van der Waals surface area contributed by atoms with Crippen molar-refractivity contribution in [2.45, 2.75) is 6.92 Å². The number of nitrogens with zero attached hydrogens (tertiary/aromatic N) is 1. The van der Waals surface area contributed by atoms with Crippen molar-refractivity contribution in [1.29, 1.82) is 0 Å². The summed E-state index contributed by atoms with van der Waals surface area (Å²) < 4.78 is 2.47. The van der Waals surface area contributed by atoms with E-state index in [1.54, 1.807) is 10.6 Å². The molecule has 0 aliphatic carbocycles. The first-order chi connectivity index (χ1) is 12.6. The molecule has 0 fully saturated rings. The lowest BCUT2D eigenvalue weighted by atomic mass is 10.1. The van der Waals surface area contributed by atoms with Crippen molar-refractivity contribution in [2.75, 3.05) is 5.32 Å². The molecule has 2 aromatic carbocycles. The zero-order chi connectivity index (χ0) is 18.5. The van der Waals surface area contributed by atoms with E-state index < -0.39 is 0 Å². The molecule has 1 aromatic heterocycles. The SMILES string of the molecule is Cc1ccc(NC(=S)/C(=C(\[O-])c2ccccc2Br)[n+]2ccccc2)cc1. The zero-order valence-corrected chi connectivity index (χ0v) is 16.5. The summed E-state index contributed by atoms with van der Waals surface area (Å²) in [4.78, 5) is 0.366. The van der Waals surface area contributed by atoms with Gasteiger partial charge in [0, 0.05) is 22.3 Å². The highest BCUT2D eigenvalue weighted by Crippen LogP contribution is 2.24. The van der Waals surface area contributed by atoms with Gasteiger partial charge in [0.05, 0.1) is 0 Å². The van der Waals surface area contributed by atoms with Gasteiger partial charge in [0.25, 0.3) is 0 Å². The smallest absolute Gasteiger partial charge is 0.238 e. The molecule has 3 nitrogen and oxygen atoms in total. The second-order valence-electron chi connectivity index (χ2n) is 5.76. The van der Waals surface area contributed by atoms with Crippen molar-refractivity contribution in [3.8, 4) is 0 Å². The van der Waals surface area contributed by atoms with Crippen LogP contribution in [0.15, 0.2) is 83.6 Å². The minimum absolute atomic E-state index is 0.154. The molecule has 0 radical (unpaired) electrons. The second-order valence-corrected chi connectivity index (χ2v) is 7.02. The fraction of sp³-hybridized carbons (Fsp3) is 0.0476. The maximum atomic E-state index is 13.2. The van der Waals surface area contributed by atoms with Gasteiger partial charge in [0.1, 0.15) is 0 Å². The first-order valence-electron chi connectivity index (χ1n) is 8.07. The Hall–Kier alpha value is -2.50. The number of aromatic nitrogens is 1. The van der Waals surface area contributed by atoms with E-state index in [1.807, 2.05) is 80.0 Å². The molecule has 0 saturated heterocycles. The van der Waals surface area contributed by atoms with E-state index in [0.29, 0.717) is 16.2 Å². The molecule has 0 unspecified atom stereocenters. The van der Waals surface area contributed by atoms with E-state index in [1.165, 1.54) is 0 Å². The molecular formula is C21H17BrN2OS. The molecule has 1 N–H and O–H groups in total. The van der Waals surface area contributed by atoms with Gasteiger partial charge in [0.15, 0.2) is 17.4 Å². The van der Waals surface area contributed by atoms with Gasteiger partial charge in [-0.2, -0.15) is 4.57 Å². The van der Waals surface area contributed by atoms with Crippen LogP contribution in [0.2, 0.25) is 0 Å². The molecule has 0 saturated carbocycles. The Morgan fingerprint density at radius 2 is 1.62 bits per heavy atom. The van der Waals surface area contributed by atoms with E-state index in [4.69, 9.17) is 12.2 Å². The minimum atomic E-state index is -0.154. The van der Waals surface area contributed by atoms with Crippen LogP contribution < -0.4 is 15.0 Å². The van der Waals surface area contributed by atoms with Crippen molar-refractivity contribution < 1.29 is 9.67 Å². The number of halogens is 1. The number of thiocarbonyl (C=S) groups is 1. The maximum Gasteiger partial charge on any atom is 0.238 e. The third-order valence-electron chi connectivity index (χ3n) is 3.83. The summed E-state index contributed by atoms with van der Waals surface area (Å²) in [6.45, 7) is 2.02. The van der Waals surface area contributed by atoms with Gasteiger partial charge in [-0.1, -0.05) is 70.1 Å². The third-order valence-corrected chi connectivity index (χ3v) is 4.82. The van der Waals surface area contributed by atoms with Gasteiger partial charge in [-0.15, -0.1) is 0 Å². The van der Waals surface area contributed by atoms with E-state index in [2.05, 4.69) is 21.2 Å². The molecule has 130 valence electrons. The van der Waals surface area contributed by atoms with Crippen molar-refractivity contribution in [1.82, 2.24) is 0 Å². The lowest BCUT2D eigenvalue weighted by Gasteiger charge is -2.18. The summed E-state index contributed by atoms with van der Waals surface area (Å²) in [5.74, 6) is -0.154. The van der Waals surface area contributed by atoms with Gasteiger partial charge >= 0.3 is 0 Å². The number of hydrogen-bond donors (Lipinski definition) is 1. The van der Waals surface area contributed by atoms with Crippen LogP contribution in [0.5, 0.6) is 0 Å². The lowest BCUT2D eigenvalue weighted by Crippen LogP contribution is -2.39. The highest BCUT2D eigenvalue weighted by Gasteiger charge is 2.19. The molecule has 1 heterocycles. The van der Waals surface area contributed by atoms with Crippen LogP contribution >= 0.6 is 28.1 Å². The van der Waals surface area contributed by atoms with Crippen LogP contribution in [0.1, 0.15) is 11.1 Å². The molecule has 0 aliphatic rings. The van der Waals surface area contributed by atoms with E-state index in [-0.39, 0.29) is 5.76 Å². The predicted molar refractivity (Wildman–Crippen MR) is 111 cm³/mol. The standard InChI is InChI=1S/C21H17BrN2OS/c1-15-9-11-16(12-10-15)23-21(26)19(24-13-5-2-6-14-24)20(25)17-7-3-4-8-18(17)22/h2-14H,1H3,(H-,23,25,26). The molecule has 3 aromatic rings. The Morgan fingerprint density at radius 1 is 0.962 bits per heavy atom. The zero-order valence-electron chi connectivity index (χ0n) is 14.1. The molecule has 0 aliphatic heterocycles. The number of pyridine rings is 1. The van der Waals surface area contributed by atoms with Crippen LogP contribution in [0.25, 0.3) is 11.5 Å². The van der Waals surface area contributed by atoms with Gasteiger partial charge in [-0.3, -0.25) is 0 Å². The fourth-order valence-electron chi connectivity index (χ4n) is 2.49. The normalized spacial score (nSPS) is 11.6. The second kappa shape index (κ2) is 8.25. The number of anilines is 1. The topological polar surface area (TPSA) is 39.0 Å². The number of rotatable bonds is 4. The molecule has 0 spiro atoms. The Kier molecular flexibility index (Phi) is 5.81. The van der Waals surface area contributed by atoms with E-state index >= 15 is 0 Å². The molecule has 0 atom stereocenters. The monoisotopic (exact) mass is 424 g/mol. The van der Waals surface area contributed by atoms with Crippen molar-refractivity contribution in [3.63, 3.8) is 0 Å². The minimum Gasteiger partial charge on any atom is -0.867 e. The largest absolute Gasteiger partial charge is 0.867 e. The van der Waals surface area contributed by atoms with Gasteiger partial charge in [-0.25, -0.2) is 0 Å². The third kappa shape index (κ3) is 4.18. The van der Waals surface area contributed by atoms with Gasteiger partial charge in [0.2, 0.25) is 5.70 Å². The van der Waals surface area contributed by atoms with Crippen molar-refractivity contribution in [3.05, 3.63) is 94.7 Å². The summed E-state index contributed by atoms with van der Waals surface area (Å²) in [6, 6.07) is 20.8. The molecule has 0 bridgehead atoms. The summed E-state index contributed by atoms with van der Waals surface area (Å²) >= 11 is 9.04. The maximum absolute atomic E-state index is 13.2. The Labute approximate surface area is 166 Å². The Bertz CT molecular complexity index is 953. The molecule has 26 heavy (non-hydrogen) atoms. The van der Waals surface area contributed by atoms with Crippen LogP contribution in [-0.4, -0.2) is 4.99 Å². The average molecular weight is 425 g/mol. The van der Waals surface area contributed by atoms with Crippen LogP contribution in [0.3, 0.4) is 0 Å². The fourth-order valence-corrected chi connectivity index (χ4v) is 3.27. The number of benzene rings is 2. The number of hydrogen-bond acceptors (Lipinski definition) is 2. The molecule has 0 amide bonds. The molecule has 5 heteroatoms. The van der Waals surface area contributed by atoms with Gasteiger partial charge < -0.3 is 10.4 Å². The summed E-state index contributed by atoms with van der Waals surface area (Å²) in [7, 11) is 0. The summed E-state index contributed by atoms with van der Waals surface area (Å²) in [5, 5.41) is 16.4. The lowest BCUT2D eigenvalue weighted by molar-refractivity contribution is -0.577. The number of aryl methyl sites for hydroxylation is 1. The van der Waals surface area contributed by atoms with E-state index in [0.717, 1.165) is 15.7 Å². The Balaban J connectivity index is 2.07. The van der Waals surface area contributed by atoms with Crippen LogP contribution in [-0.2, 0) is 0 Å². The van der Waals surface area contributed by atoms with Crippen LogP contribution in [0.4, 0.5) is 5.69 Å². The molecular weight excluding hydrogens is 408 g/mol. The quantitative estimate of drug-likeness (QED) is 0.295. The highest BCUT2D eigenvalue weighted by atomic mass is 79.9. The highest BCUT2D eigenvalue weighted by molar-refractivity contribution is 9.10.